The Labute approximate surface area is 122 Å². The largest absolute Gasteiger partial charge is 0.322 e. The van der Waals surface area contributed by atoms with Crippen LogP contribution in [-0.2, 0) is 4.79 Å². The molecule has 1 N–H and O–H groups in total. The van der Waals surface area contributed by atoms with E-state index in [-0.39, 0.29) is 5.91 Å². The maximum absolute atomic E-state index is 11.8. The second kappa shape index (κ2) is 6.55. The van der Waals surface area contributed by atoms with E-state index in [1.54, 1.807) is 42.5 Å². The fourth-order valence-electron chi connectivity index (χ4n) is 1.63. The van der Waals surface area contributed by atoms with Crippen molar-refractivity contribution < 1.29 is 4.79 Å². The van der Waals surface area contributed by atoms with Crippen molar-refractivity contribution in [1.29, 1.82) is 5.26 Å². The molecule has 0 bridgehead atoms. The number of anilines is 1. The first kappa shape index (κ1) is 13.9. The predicted octanol–water partition coefficient (Wildman–Crippen LogP) is 3.86. The van der Waals surface area contributed by atoms with Crippen molar-refractivity contribution in [2.45, 2.75) is 0 Å². The van der Waals surface area contributed by atoms with Crippen LogP contribution in [-0.4, -0.2) is 5.91 Å². The minimum Gasteiger partial charge on any atom is -0.322 e. The summed E-state index contributed by atoms with van der Waals surface area (Å²) in [6, 6.07) is 16.0. The highest BCUT2D eigenvalue weighted by Gasteiger charge is 1.99. The summed E-state index contributed by atoms with van der Waals surface area (Å²) in [5, 5.41) is 12.1. The molecule has 0 spiro atoms. The van der Waals surface area contributed by atoms with E-state index in [2.05, 4.69) is 5.32 Å². The summed E-state index contributed by atoms with van der Waals surface area (Å²) in [5.41, 5.74) is 1.94. The van der Waals surface area contributed by atoms with E-state index < -0.39 is 0 Å². The van der Waals surface area contributed by atoms with E-state index in [1.807, 2.05) is 18.2 Å². The fourth-order valence-corrected chi connectivity index (χ4v) is 1.83. The lowest BCUT2D eigenvalue weighted by Gasteiger charge is -2.02. The van der Waals surface area contributed by atoms with Crippen LogP contribution in [0.4, 0.5) is 5.69 Å². The number of nitriles is 1. The second-order valence-corrected chi connectivity index (χ2v) is 4.51. The smallest absolute Gasteiger partial charge is 0.248 e. The van der Waals surface area contributed by atoms with Gasteiger partial charge in [-0.15, -0.1) is 0 Å². The molecule has 1 amide bonds. The number of benzene rings is 2. The van der Waals surface area contributed by atoms with Gasteiger partial charge in [-0.25, -0.2) is 0 Å². The quantitative estimate of drug-likeness (QED) is 0.869. The van der Waals surface area contributed by atoms with Crippen molar-refractivity contribution in [3.8, 4) is 6.07 Å². The van der Waals surface area contributed by atoms with Gasteiger partial charge in [0.2, 0.25) is 5.91 Å². The van der Waals surface area contributed by atoms with Crippen molar-refractivity contribution in [3.05, 3.63) is 70.8 Å². The van der Waals surface area contributed by atoms with E-state index in [1.165, 1.54) is 6.08 Å². The molecule has 0 radical (unpaired) electrons. The van der Waals surface area contributed by atoms with Crippen LogP contribution in [0.5, 0.6) is 0 Å². The Morgan fingerprint density at radius 1 is 1.20 bits per heavy atom. The summed E-state index contributed by atoms with van der Waals surface area (Å²) >= 11 is 5.86. The second-order valence-electron chi connectivity index (χ2n) is 4.07. The molecular weight excluding hydrogens is 272 g/mol. The van der Waals surface area contributed by atoms with Crippen LogP contribution < -0.4 is 5.32 Å². The molecule has 4 heteroatoms. The van der Waals surface area contributed by atoms with Crippen LogP contribution in [0.3, 0.4) is 0 Å². The van der Waals surface area contributed by atoms with Crippen molar-refractivity contribution in [1.82, 2.24) is 0 Å². The number of carbonyl (C=O) groups is 1. The van der Waals surface area contributed by atoms with E-state index >= 15 is 0 Å². The van der Waals surface area contributed by atoms with Crippen LogP contribution in [0.2, 0.25) is 5.02 Å². The average Bonchev–Trinajstić information content (AvgIpc) is 2.45. The third kappa shape index (κ3) is 3.98. The zero-order valence-electron chi connectivity index (χ0n) is 10.5. The number of rotatable bonds is 3. The average molecular weight is 283 g/mol. The molecule has 3 nitrogen and oxygen atoms in total. The molecule has 0 aliphatic rings. The maximum Gasteiger partial charge on any atom is 0.248 e. The SMILES string of the molecule is N#Cc1cccc(NC(=O)/C=C/c2cccc(Cl)c2)c1. The fraction of sp³-hybridized carbons (Fsp3) is 0. The third-order valence-corrected chi connectivity index (χ3v) is 2.77. The lowest BCUT2D eigenvalue weighted by atomic mass is 10.2. The Hall–Kier alpha value is -2.57. The summed E-state index contributed by atoms with van der Waals surface area (Å²) in [5.74, 6) is -0.264. The van der Waals surface area contributed by atoms with Crippen molar-refractivity contribution in [3.63, 3.8) is 0 Å². The molecule has 0 aliphatic heterocycles. The molecule has 0 heterocycles. The highest BCUT2D eigenvalue weighted by Crippen LogP contribution is 2.13. The topological polar surface area (TPSA) is 52.9 Å². The summed E-state index contributed by atoms with van der Waals surface area (Å²) < 4.78 is 0. The number of halogens is 1. The molecule has 0 saturated heterocycles. The minimum absolute atomic E-state index is 0.264. The van der Waals surface area contributed by atoms with Gasteiger partial charge < -0.3 is 5.32 Å². The molecule has 0 saturated carbocycles. The van der Waals surface area contributed by atoms with Gasteiger partial charge in [0.05, 0.1) is 11.6 Å². The van der Waals surface area contributed by atoms with Gasteiger partial charge in [-0.2, -0.15) is 5.26 Å². The third-order valence-electron chi connectivity index (χ3n) is 2.54. The highest BCUT2D eigenvalue weighted by atomic mass is 35.5. The van der Waals surface area contributed by atoms with E-state index in [0.29, 0.717) is 16.3 Å². The van der Waals surface area contributed by atoms with Crippen LogP contribution in [0.15, 0.2) is 54.6 Å². The van der Waals surface area contributed by atoms with E-state index in [4.69, 9.17) is 16.9 Å². The zero-order valence-corrected chi connectivity index (χ0v) is 11.3. The summed E-state index contributed by atoms with van der Waals surface area (Å²) in [4.78, 5) is 11.8. The summed E-state index contributed by atoms with van der Waals surface area (Å²) in [6.45, 7) is 0. The van der Waals surface area contributed by atoms with E-state index in [0.717, 1.165) is 5.56 Å². The minimum atomic E-state index is -0.264. The molecule has 0 fully saturated rings. The molecule has 2 rings (SSSR count). The van der Waals surface area contributed by atoms with Crippen molar-refractivity contribution >= 4 is 29.3 Å². The van der Waals surface area contributed by atoms with E-state index in [9.17, 15) is 4.79 Å². The highest BCUT2D eigenvalue weighted by molar-refractivity contribution is 6.30. The number of nitrogens with one attached hydrogen (secondary N) is 1. The Kier molecular flexibility index (Phi) is 4.54. The van der Waals surface area contributed by atoms with Gasteiger partial charge >= 0.3 is 0 Å². The molecule has 0 aliphatic carbocycles. The Morgan fingerprint density at radius 2 is 2.00 bits per heavy atom. The summed E-state index contributed by atoms with van der Waals surface area (Å²) in [7, 11) is 0. The first-order chi connectivity index (χ1) is 9.67. The predicted molar refractivity (Wildman–Crippen MR) is 80.3 cm³/mol. The van der Waals surface area contributed by atoms with Crippen molar-refractivity contribution in [2.24, 2.45) is 0 Å². The molecule has 2 aromatic rings. The Bertz CT molecular complexity index is 702. The van der Waals surface area contributed by atoms with Gasteiger partial charge in [0.15, 0.2) is 0 Å². The molecule has 98 valence electrons. The lowest BCUT2D eigenvalue weighted by molar-refractivity contribution is -0.111. The first-order valence-corrected chi connectivity index (χ1v) is 6.30. The zero-order chi connectivity index (χ0) is 14.4. The van der Waals surface area contributed by atoms with Gasteiger partial charge in [0.25, 0.3) is 0 Å². The van der Waals surface area contributed by atoms with Gasteiger partial charge in [-0.3, -0.25) is 4.79 Å². The van der Waals surface area contributed by atoms with Crippen LogP contribution in [0.1, 0.15) is 11.1 Å². The number of hydrogen-bond donors (Lipinski definition) is 1. The molecular formula is C16H11ClN2O. The molecule has 0 aromatic heterocycles. The lowest BCUT2D eigenvalue weighted by Crippen LogP contribution is -2.07. The van der Waals surface area contributed by atoms with Gasteiger partial charge in [-0.05, 0) is 42.0 Å². The molecule has 2 aromatic carbocycles. The normalized spacial score (nSPS) is 10.2. The van der Waals surface area contributed by atoms with Gasteiger partial charge in [0.1, 0.15) is 0 Å². The van der Waals surface area contributed by atoms with Crippen molar-refractivity contribution in [2.75, 3.05) is 5.32 Å². The monoisotopic (exact) mass is 282 g/mol. The number of nitrogens with zero attached hydrogens (tertiary/aromatic N) is 1. The first-order valence-electron chi connectivity index (χ1n) is 5.92. The summed E-state index contributed by atoms with van der Waals surface area (Å²) in [6.07, 6.45) is 3.10. The van der Waals surface area contributed by atoms with Crippen LogP contribution in [0.25, 0.3) is 6.08 Å². The number of carbonyl (C=O) groups excluding carboxylic acids is 1. The van der Waals surface area contributed by atoms with Crippen LogP contribution in [0, 0.1) is 11.3 Å². The number of hydrogen-bond acceptors (Lipinski definition) is 2. The number of amides is 1. The Morgan fingerprint density at radius 3 is 2.75 bits per heavy atom. The van der Waals surface area contributed by atoms with Crippen LogP contribution >= 0.6 is 11.6 Å². The molecule has 20 heavy (non-hydrogen) atoms. The standard InChI is InChI=1S/C16H11ClN2O/c17-14-5-1-3-12(9-14)7-8-16(20)19-15-6-2-4-13(10-15)11-18/h1-10H,(H,19,20)/b8-7+. The van der Waals surface area contributed by atoms with Gasteiger partial charge in [-0.1, -0.05) is 29.8 Å². The maximum atomic E-state index is 11.8. The molecule has 0 unspecified atom stereocenters. The van der Waals surface area contributed by atoms with Gasteiger partial charge in [0, 0.05) is 16.8 Å². The molecule has 0 atom stereocenters. The Balaban J connectivity index is 2.04.